The van der Waals surface area contributed by atoms with Gasteiger partial charge in [-0.15, -0.1) is 0 Å². The summed E-state index contributed by atoms with van der Waals surface area (Å²) in [6, 6.07) is 8.76. The van der Waals surface area contributed by atoms with Crippen LogP contribution in [0.1, 0.15) is 46.1 Å². The van der Waals surface area contributed by atoms with Crippen LogP contribution >= 0.6 is 0 Å². The Morgan fingerprint density at radius 1 is 1.08 bits per heavy atom. The SMILES string of the molecule is Cc1cc(C(=O)Nc2ccccc2C(=O)N2CC(C)OC(C)C2)c(C)o1. The van der Waals surface area contributed by atoms with Gasteiger partial charge in [0.15, 0.2) is 0 Å². The lowest BCUT2D eigenvalue weighted by molar-refractivity contribution is -0.0585. The van der Waals surface area contributed by atoms with E-state index in [1.54, 1.807) is 49.1 Å². The number of hydrogen-bond acceptors (Lipinski definition) is 4. The molecule has 1 aliphatic heterocycles. The molecule has 1 N–H and O–H groups in total. The Kier molecular flexibility index (Phi) is 5.13. The molecule has 0 aliphatic carbocycles. The fourth-order valence-electron chi connectivity index (χ4n) is 3.34. The minimum absolute atomic E-state index is 0.0130. The highest BCUT2D eigenvalue weighted by Gasteiger charge is 2.28. The Labute approximate surface area is 153 Å². The number of nitrogens with zero attached hydrogens (tertiary/aromatic N) is 1. The van der Waals surface area contributed by atoms with Gasteiger partial charge in [0.25, 0.3) is 11.8 Å². The second-order valence-electron chi connectivity index (χ2n) is 6.79. The molecule has 2 amide bonds. The minimum atomic E-state index is -0.289. The molecule has 2 unspecified atom stereocenters. The quantitative estimate of drug-likeness (QED) is 0.915. The number of amides is 2. The van der Waals surface area contributed by atoms with E-state index in [1.807, 2.05) is 13.8 Å². The van der Waals surface area contributed by atoms with E-state index in [-0.39, 0.29) is 24.0 Å². The fourth-order valence-corrected chi connectivity index (χ4v) is 3.34. The molecular formula is C20H24N2O4. The van der Waals surface area contributed by atoms with Crippen molar-refractivity contribution in [3.63, 3.8) is 0 Å². The molecule has 0 radical (unpaired) electrons. The first-order valence-corrected chi connectivity index (χ1v) is 8.77. The summed E-state index contributed by atoms with van der Waals surface area (Å²) in [4.78, 5) is 27.4. The van der Waals surface area contributed by atoms with E-state index in [2.05, 4.69) is 5.32 Å². The van der Waals surface area contributed by atoms with Crippen molar-refractivity contribution in [3.8, 4) is 0 Å². The second-order valence-corrected chi connectivity index (χ2v) is 6.79. The van der Waals surface area contributed by atoms with Crippen LogP contribution in [-0.2, 0) is 4.74 Å². The molecule has 3 rings (SSSR count). The zero-order chi connectivity index (χ0) is 18.8. The van der Waals surface area contributed by atoms with Gasteiger partial charge in [-0.1, -0.05) is 12.1 Å². The van der Waals surface area contributed by atoms with Crippen LogP contribution in [0.15, 0.2) is 34.7 Å². The molecule has 0 spiro atoms. The van der Waals surface area contributed by atoms with Gasteiger partial charge in [0.2, 0.25) is 0 Å². The second kappa shape index (κ2) is 7.33. The molecule has 1 aromatic heterocycles. The predicted octanol–water partition coefficient (Wildman–Crippen LogP) is 3.40. The standard InChI is InChI=1S/C20H24N2O4/c1-12-9-17(15(4)26-12)19(23)21-18-8-6-5-7-16(18)20(24)22-10-13(2)25-14(3)11-22/h5-9,13-14H,10-11H2,1-4H3,(H,21,23). The van der Waals surface area contributed by atoms with Crippen molar-refractivity contribution in [1.29, 1.82) is 0 Å². The van der Waals surface area contributed by atoms with Crippen LogP contribution < -0.4 is 5.32 Å². The zero-order valence-corrected chi connectivity index (χ0v) is 15.5. The summed E-state index contributed by atoms with van der Waals surface area (Å²) in [6.07, 6.45) is -0.0259. The molecule has 2 heterocycles. The molecule has 138 valence electrons. The predicted molar refractivity (Wildman–Crippen MR) is 98.5 cm³/mol. The van der Waals surface area contributed by atoms with Crippen molar-refractivity contribution < 1.29 is 18.7 Å². The van der Waals surface area contributed by atoms with E-state index in [4.69, 9.17) is 9.15 Å². The molecule has 6 heteroatoms. The lowest BCUT2D eigenvalue weighted by Crippen LogP contribution is -2.48. The first kappa shape index (κ1) is 18.2. The van der Waals surface area contributed by atoms with Crippen LogP contribution in [0.25, 0.3) is 0 Å². The molecule has 26 heavy (non-hydrogen) atoms. The highest BCUT2D eigenvalue weighted by atomic mass is 16.5. The van der Waals surface area contributed by atoms with Gasteiger partial charge in [0.1, 0.15) is 11.5 Å². The van der Waals surface area contributed by atoms with E-state index in [9.17, 15) is 9.59 Å². The maximum absolute atomic E-state index is 13.0. The number of carbonyl (C=O) groups is 2. The van der Waals surface area contributed by atoms with Crippen LogP contribution in [0.5, 0.6) is 0 Å². The summed E-state index contributed by atoms with van der Waals surface area (Å²) in [5.74, 6) is 0.833. The molecule has 2 atom stereocenters. The molecular weight excluding hydrogens is 332 g/mol. The normalized spacial score (nSPS) is 20.1. The van der Waals surface area contributed by atoms with Crippen molar-refractivity contribution in [2.75, 3.05) is 18.4 Å². The third-order valence-electron chi connectivity index (χ3n) is 4.40. The molecule has 1 aromatic carbocycles. The molecule has 1 fully saturated rings. The zero-order valence-electron chi connectivity index (χ0n) is 15.5. The summed E-state index contributed by atoms with van der Waals surface area (Å²) in [5.41, 5.74) is 1.44. The van der Waals surface area contributed by atoms with E-state index >= 15 is 0 Å². The van der Waals surface area contributed by atoms with Crippen LogP contribution in [0.4, 0.5) is 5.69 Å². The van der Waals surface area contributed by atoms with Gasteiger partial charge in [0, 0.05) is 13.1 Å². The van der Waals surface area contributed by atoms with E-state index < -0.39 is 0 Å². The van der Waals surface area contributed by atoms with E-state index in [0.717, 1.165) is 0 Å². The van der Waals surface area contributed by atoms with Crippen LogP contribution in [0.2, 0.25) is 0 Å². The Morgan fingerprint density at radius 3 is 2.35 bits per heavy atom. The average molecular weight is 356 g/mol. The van der Waals surface area contributed by atoms with Crippen molar-refractivity contribution in [2.45, 2.75) is 39.9 Å². The van der Waals surface area contributed by atoms with Crippen molar-refractivity contribution in [3.05, 3.63) is 53.0 Å². The van der Waals surface area contributed by atoms with Gasteiger partial charge in [-0.25, -0.2) is 0 Å². The monoisotopic (exact) mass is 356 g/mol. The maximum atomic E-state index is 13.0. The summed E-state index contributed by atoms with van der Waals surface area (Å²) in [5, 5.41) is 2.85. The number of benzene rings is 1. The number of morpholine rings is 1. The van der Waals surface area contributed by atoms with Gasteiger partial charge in [-0.05, 0) is 45.9 Å². The minimum Gasteiger partial charge on any atom is -0.466 e. The molecule has 2 aromatic rings. The lowest BCUT2D eigenvalue weighted by atomic mass is 10.1. The van der Waals surface area contributed by atoms with Crippen LogP contribution in [-0.4, -0.2) is 42.0 Å². The van der Waals surface area contributed by atoms with Crippen molar-refractivity contribution in [2.24, 2.45) is 0 Å². The van der Waals surface area contributed by atoms with E-state index in [0.29, 0.717) is 41.4 Å². The molecule has 1 aliphatic rings. The highest BCUT2D eigenvalue weighted by Crippen LogP contribution is 2.22. The number of hydrogen-bond donors (Lipinski definition) is 1. The van der Waals surface area contributed by atoms with Gasteiger partial charge >= 0.3 is 0 Å². The Bertz CT molecular complexity index is 817. The van der Waals surface area contributed by atoms with Crippen molar-refractivity contribution >= 4 is 17.5 Å². The number of anilines is 1. The number of furan rings is 1. The third-order valence-corrected chi connectivity index (χ3v) is 4.40. The third kappa shape index (κ3) is 3.80. The number of rotatable bonds is 3. The molecule has 0 saturated carbocycles. The number of ether oxygens (including phenoxy) is 1. The summed E-state index contributed by atoms with van der Waals surface area (Å²) in [7, 11) is 0. The van der Waals surface area contributed by atoms with Gasteiger partial charge in [-0.3, -0.25) is 9.59 Å². The average Bonchev–Trinajstić information content (AvgIpc) is 2.92. The Morgan fingerprint density at radius 2 is 1.73 bits per heavy atom. The van der Waals surface area contributed by atoms with Gasteiger partial charge < -0.3 is 19.4 Å². The summed E-state index contributed by atoms with van der Waals surface area (Å²) >= 11 is 0. The lowest BCUT2D eigenvalue weighted by Gasteiger charge is -2.35. The summed E-state index contributed by atoms with van der Waals surface area (Å²) in [6.45, 7) is 8.51. The number of aryl methyl sites for hydroxylation is 2. The molecule has 0 bridgehead atoms. The molecule has 1 saturated heterocycles. The highest BCUT2D eigenvalue weighted by molar-refractivity contribution is 6.09. The number of para-hydroxylation sites is 1. The number of nitrogens with one attached hydrogen (secondary N) is 1. The summed E-state index contributed by atoms with van der Waals surface area (Å²) < 4.78 is 11.1. The smallest absolute Gasteiger partial charge is 0.259 e. The van der Waals surface area contributed by atoms with Gasteiger partial charge in [-0.2, -0.15) is 0 Å². The largest absolute Gasteiger partial charge is 0.466 e. The Hall–Kier alpha value is -2.60. The van der Waals surface area contributed by atoms with Gasteiger partial charge in [0.05, 0.1) is 29.0 Å². The maximum Gasteiger partial charge on any atom is 0.259 e. The van der Waals surface area contributed by atoms with Crippen LogP contribution in [0.3, 0.4) is 0 Å². The topological polar surface area (TPSA) is 71.8 Å². The fraction of sp³-hybridized carbons (Fsp3) is 0.400. The van der Waals surface area contributed by atoms with E-state index in [1.165, 1.54) is 0 Å². The first-order valence-electron chi connectivity index (χ1n) is 8.77. The Balaban J connectivity index is 1.83. The molecule has 6 nitrogen and oxygen atoms in total. The van der Waals surface area contributed by atoms with Crippen LogP contribution in [0, 0.1) is 13.8 Å². The van der Waals surface area contributed by atoms with Crippen molar-refractivity contribution in [1.82, 2.24) is 4.90 Å². The number of carbonyl (C=O) groups excluding carboxylic acids is 2. The first-order chi connectivity index (χ1) is 12.3.